The Hall–Kier alpha value is -3.12. The highest BCUT2D eigenvalue weighted by molar-refractivity contribution is 5.79. The lowest BCUT2D eigenvalue weighted by molar-refractivity contribution is 0.172. The molecule has 0 unspecified atom stereocenters. The van der Waals surface area contributed by atoms with Gasteiger partial charge in [-0.25, -0.2) is 4.98 Å². The van der Waals surface area contributed by atoms with E-state index < -0.39 is 0 Å². The summed E-state index contributed by atoms with van der Waals surface area (Å²) in [6, 6.07) is 21.2. The quantitative estimate of drug-likeness (QED) is 0.509. The molecule has 4 rings (SSSR count). The van der Waals surface area contributed by atoms with E-state index in [1.807, 2.05) is 25.5 Å². The fraction of sp³-hybridized carbons (Fsp3) is 0.333. The molecule has 1 saturated heterocycles. The van der Waals surface area contributed by atoms with Gasteiger partial charge in [-0.15, -0.1) is 0 Å². The Morgan fingerprint density at radius 3 is 2.17 bits per heavy atom. The van der Waals surface area contributed by atoms with Crippen molar-refractivity contribution in [2.45, 2.75) is 19.6 Å². The monoisotopic (exact) mass is 402 g/mol. The first-order valence-electron chi connectivity index (χ1n) is 10.6. The van der Waals surface area contributed by atoms with Crippen molar-refractivity contribution < 1.29 is 0 Å². The van der Waals surface area contributed by atoms with Crippen molar-refractivity contribution in [3.8, 4) is 0 Å². The van der Waals surface area contributed by atoms with E-state index in [2.05, 4.69) is 84.3 Å². The molecule has 2 heterocycles. The Labute approximate surface area is 178 Å². The van der Waals surface area contributed by atoms with Crippen molar-refractivity contribution >= 4 is 5.96 Å². The number of piperazine rings is 1. The van der Waals surface area contributed by atoms with Crippen LogP contribution in [0.5, 0.6) is 0 Å². The van der Waals surface area contributed by atoms with Gasteiger partial charge in [-0.3, -0.25) is 9.89 Å². The molecule has 6 heteroatoms. The zero-order chi connectivity index (χ0) is 20.6. The maximum absolute atomic E-state index is 4.54. The van der Waals surface area contributed by atoms with Crippen LogP contribution in [-0.2, 0) is 19.6 Å². The lowest BCUT2D eigenvalue weighted by Gasteiger charge is -2.36. The summed E-state index contributed by atoms with van der Waals surface area (Å²) in [5.74, 6) is 1.96. The van der Waals surface area contributed by atoms with Gasteiger partial charge in [-0.1, -0.05) is 60.7 Å². The zero-order valence-corrected chi connectivity index (χ0v) is 17.6. The Morgan fingerprint density at radius 2 is 1.53 bits per heavy atom. The molecule has 3 aromatic rings. The first-order chi connectivity index (χ1) is 14.8. The fourth-order valence-corrected chi connectivity index (χ4v) is 3.88. The third-order valence-electron chi connectivity index (χ3n) is 5.53. The Bertz CT molecular complexity index is 927. The normalized spacial score (nSPS) is 15.4. The molecule has 0 radical (unpaired) electrons. The summed E-state index contributed by atoms with van der Waals surface area (Å²) in [5, 5.41) is 3.51. The summed E-state index contributed by atoms with van der Waals surface area (Å²) < 4.78 is 2.19. The van der Waals surface area contributed by atoms with E-state index in [0.717, 1.165) is 51.1 Å². The minimum Gasteiger partial charge on any atom is -0.349 e. The smallest absolute Gasteiger partial charge is 0.194 e. The first-order valence-corrected chi connectivity index (χ1v) is 10.6. The van der Waals surface area contributed by atoms with E-state index in [9.17, 15) is 0 Å². The summed E-state index contributed by atoms with van der Waals surface area (Å²) >= 11 is 0. The Kier molecular flexibility index (Phi) is 6.77. The predicted octanol–water partition coefficient (Wildman–Crippen LogP) is 2.82. The van der Waals surface area contributed by atoms with E-state index in [1.165, 1.54) is 11.1 Å². The number of hydrogen-bond acceptors (Lipinski definition) is 3. The number of aliphatic imine (C=N–C) groups is 1. The lowest BCUT2D eigenvalue weighted by Crippen LogP contribution is -2.52. The van der Waals surface area contributed by atoms with Crippen LogP contribution >= 0.6 is 0 Å². The second kappa shape index (κ2) is 10.1. The van der Waals surface area contributed by atoms with Crippen molar-refractivity contribution in [1.29, 1.82) is 0 Å². The molecule has 2 aromatic carbocycles. The van der Waals surface area contributed by atoms with Crippen LogP contribution < -0.4 is 5.32 Å². The summed E-state index contributed by atoms with van der Waals surface area (Å²) in [4.78, 5) is 13.9. The number of benzene rings is 2. The number of hydrogen-bond donors (Lipinski definition) is 1. The third-order valence-corrected chi connectivity index (χ3v) is 5.53. The predicted molar refractivity (Wildman–Crippen MR) is 121 cm³/mol. The maximum atomic E-state index is 4.54. The Balaban J connectivity index is 1.28. The number of aromatic nitrogens is 2. The van der Waals surface area contributed by atoms with Gasteiger partial charge in [-0.2, -0.15) is 0 Å². The molecular formula is C24H30N6. The standard InChI is InChI=1S/C24H30N6/c1-25-24(29-16-14-28(15-17-29)19-21-8-4-2-5-9-21)27-18-23-26-12-13-30(23)20-22-10-6-3-7-11-22/h2-13H,14-20H2,1H3,(H,25,27). The van der Waals surface area contributed by atoms with Crippen molar-refractivity contribution in [1.82, 2.24) is 24.7 Å². The summed E-state index contributed by atoms with van der Waals surface area (Å²) in [6.07, 6.45) is 3.90. The number of guanidine groups is 1. The number of rotatable bonds is 6. The van der Waals surface area contributed by atoms with Gasteiger partial charge < -0.3 is 14.8 Å². The van der Waals surface area contributed by atoms with Crippen LogP contribution in [0.3, 0.4) is 0 Å². The van der Waals surface area contributed by atoms with Crippen LogP contribution in [0.4, 0.5) is 0 Å². The van der Waals surface area contributed by atoms with Crippen LogP contribution in [0.1, 0.15) is 17.0 Å². The van der Waals surface area contributed by atoms with Gasteiger partial charge in [0.2, 0.25) is 0 Å². The van der Waals surface area contributed by atoms with Gasteiger partial charge >= 0.3 is 0 Å². The molecule has 0 amide bonds. The van der Waals surface area contributed by atoms with Gasteiger partial charge in [0.05, 0.1) is 6.54 Å². The van der Waals surface area contributed by atoms with Crippen molar-refractivity contribution in [3.63, 3.8) is 0 Å². The second-order valence-electron chi connectivity index (χ2n) is 7.61. The average molecular weight is 403 g/mol. The minimum absolute atomic E-state index is 0.663. The Morgan fingerprint density at radius 1 is 0.900 bits per heavy atom. The molecule has 6 nitrogen and oxygen atoms in total. The second-order valence-corrected chi connectivity index (χ2v) is 7.61. The van der Waals surface area contributed by atoms with Gasteiger partial charge in [0.15, 0.2) is 5.96 Å². The van der Waals surface area contributed by atoms with Crippen LogP contribution in [0.25, 0.3) is 0 Å². The molecule has 1 aliphatic rings. The molecule has 0 bridgehead atoms. The largest absolute Gasteiger partial charge is 0.349 e. The van der Waals surface area contributed by atoms with Gasteiger partial charge in [0.1, 0.15) is 5.82 Å². The molecule has 0 atom stereocenters. The molecule has 30 heavy (non-hydrogen) atoms. The van der Waals surface area contributed by atoms with Crippen molar-refractivity contribution in [2.24, 2.45) is 4.99 Å². The van der Waals surface area contributed by atoms with E-state index in [1.54, 1.807) is 0 Å². The van der Waals surface area contributed by atoms with E-state index in [0.29, 0.717) is 6.54 Å². The molecule has 0 spiro atoms. The van der Waals surface area contributed by atoms with Gasteiger partial charge in [0, 0.05) is 58.7 Å². The molecule has 1 aromatic heterocycles. The van der Waals surface area contributed by atoms with E-state index in [-0.39, 0.29) is 0 Å². The molecule has 0 aliphatic carbocycles. The van der Waals surface area contributed by atoms with Crippen LogP contribution in [0, 0.1) is 0 Å². The van der Waals surface area contributed by atoms with Gasteiger partial charge in [0.25, 0.3) is 0 Å². The summed E-state index contributed by atoms with van der Waals surface area (Å²) in [6.45, 7) is 6.54. The average Bonchev–Trinajstić information content (AvgIpc) is 3.23. The number of nitrogens with zero attached hydrogens (tertiary/aromatic N) is 5. The summed E-state index contributed by atoms with van der Waals surface area (Å²) in [7, 11) is 1.86. The maximum Gasteiger partial charge on any atom is 0.194 e. The highest BCUT2D eigenvalue weighted by atomic mass is 15.3. The van der Waals surface area contributed by atoms with E-state index >= 15 is 0 Å². The first kappa shape index (κ1) is 20.2. The van der Waals surface area contributed by atoms with Crippen molar-refractivity contribution in [2.75, 3.05) is 33.2 Å². The van der Waals surface area contributed by atoms with Crippen LogP contribution in [-0.4, -0.2) is 58.5 Å². The van der Waals surface area contributed by atoms with Crippen LogP contribution in [0.15, 0.2) is 78.0 Å². The lowest BCUT2D eigenvalue weighted by atomic mass is 10.2. The molecule has 156 valence electrons. The molecule has 1 fully saturated rings. The zero-order valence-electron chi connectivity index (χ0n) is 17.6. The molecule has 0 saturated carbocycles. The molecule has 1 N–H and O–H groups in total. The van der Waals surface area contributed by atoms with Gasteiger partial charge in [-0.05, 0) is 11.1 Å². The highest BCUT2D eigenvalue weighted by Crippen LogP contribution is 2.09. The van der Waals surface area contributed by atoms with Crippen LogP contribution in [0.2, 0.25) is 0 Å². The molecule has 1 aliphatic heterocycles. The topological polar surface area (TPSA) is 48.7 Å². The SMILES string of the molecule is CN=C(NCc1nccn1Cc1ccccc1)N1CCN(Cc2ccccc2)CC1. The molecular weight excluding hydrogens is 372 g/mol. The number of imidazole rings is 1. The highest BCUT2D eigenvalue weighted by Gasteiger charge is 2.20. The summed E-state index contributed by atoms with van der Waals surface area (Å²) in [5.41, 5.74) is 2.65. The van der Waals surface area contributed by atoms with Crippen molar-refractivity contribution in [3.05, 3.63) is 90.0 Å². The number of nitrogens with one attached hydrogen (secondary N) is 1. The van der Waals surface area contributed by atoms with E-state index in [4.69, 9.17) is 0 Å². The third kappa shape index (κ3) is 5.27. The fourth-order valence-electron chi connectivity index (χ4n) is 3.88. The minimum atomic E-state index is 0.663.